The van der Waals surface area contributed by atoms with E-state index in [-0.39, 0.29) is 25.0 Å². The second-order valence-corrected chi connectivity index (χ2v) is 4.07. The Morgan fingerprint density at radius 3 is 2.45 bits per heavy atom. The molecule has 2 N–H and O–H groups in total. The number of amides is 2. The number of carbonyl (C=O) groups is 2. The van der Waals surface area contributed by atoms with Crippen molar-refractivity contribution in [2.75, 3.05) is 26.8 Å². The highest BCUT2D eigenvalue weighted by molar-refractivity contribution is 5.85. The van der Waals surface area contributed by atoms with Crippen LogP contribution in [0.25, 0.3) is 0 Å². The van der Waals surface area contributed by atoms with Crippen molar-refractivity contribution < 1.29 is 19.1 Å². The van der Waals surface area contributed by atoms with Crippen LogP contribution in [-0.2, 0) is 9.59 Å². The lowest BCUT2D eigenvalue weighted by molar-refractivity contribution is -0.127. The molecule has 1 aromatic rings. The standard InChI is InChI=1S/C14H20N2O4/c1-3-8-15-13(17)9-16-14(18)10-20-12-7-5-4-6-11(12)19-2/h4-7H,3,8-10H2,1-2H3,(H,15,17)(H,16,18). The Kier molecular flexibility index (Phi) is 6.95. The van der Waals surface area contributed by atoms with E-state index in [1.54, 1.807) is 18.2 Å². The van der Waals surface area contributed by atoms with Gasteiger partial charge in [0, 0.05) is 6.54 Å². The summed E-state index contributed by atoms with van der Waals surface area (Å²) in [4.78, 5) is 22.8. The van der Waals surface area contributed by atoms with Crippen molar-refractivity contribution in [2.45, 2.75) is 13.3 Å². The second-order valence-electron chi connectivity index (χ2n) is 4.07. The molecule has 0 atom stereocenters. The summed E-state index contributed by atoms with van der Waals surface area (Å²) >= 11 is 0. The number of hydrogen-bond acceptors (Lipinski definition) is 4. The van der Waals surface area contributed by atoms with Crippen LogP contribution in [0.1, 0.15) is 13.3 Å². The van der Waals surface area contributed by atoms with Crippen molar-refractivity contribution in [1.82, 2.24) is 10.6 Å². The van der Waals surface area contributed by atoms with E-state index in [9.17, 15) is 9.59 Å². The van der Waals surface area contributed by atoms with Gasteiger partial charge in [-0.3, -0.25) is 9.59 Å². The van der Waals surface area contributed by atoms with Crippen LogP contribution in [-0.4, -0.2) is 38.6 Å². The Bertz CT molecular complexity index is 449. The lowest BCUT2D eigenvalue weighted by Gasteiger charge is -2.10. The number of benzene rings is 1. The molecule has 0 aliphatic heterocycles. The Balaban J connectivity index is 2.31. The van der Waals surface area contributed by atoms with Crippen LogP contribution in [0.15, 0.2) is 24.3 Å². The van der Waals surface area contributed by atoms with Crippen LogP contribution < -0.4 is 20.1 Å². The molecule has 0 saturated heterocycles. The van der Waals surface area contributed by atoms with Gasteiger partial charge in [0.25, 0.3) is 5.91 Å². The molecule has 0 heterocycles. The summed E-state index contributed by atoms with van der Waals surface area (Å²) in [5.74, 6) is 0.474. The molecule has 0 spiro atoms. The molecule has 0 bridgehead atoms. The molecule has 20 heavy (non-hydrogen) atoms. The first-order valence-corrected chi connectivity index (χ1v) is 6.46. The normalized spacial score (nSPS) is 9.70. The van der Waals surface area contributed by atoms with Gasteiger partial charge in [0.05, 0.1) is 13.7 Å². The molecule has 0 radical (unpaired) electrons. The van der Waals surface area contributed by atoms with E-state index in [4.69, 9.17) is 9.47 Å². The predicted molar refractivity (Wildman–Crippen MR) is 74.8 cm³/mol. The summed E-state index contributed by atoms with van der Waals surface area (Å²) in [5.41, 5.74) is 0. The highest BCUT2D eigenvalue weighted by atomic mass is 16.5. The maximum atomic E-state index is 11.5. The van der Waals surface area contributed by atoms with Crippen molar-refractivity contribution in [3.8, 4) is 11.5 Å². The summed E-state index contributed by atoms with van der Waals surface area (Å²) in [5, 5.41) is 5.15. The van der Waals surface area contributed by atoms with Crippen molar-refractivity contribution in [3.05, 3.63) is 24.3 Å². The minimum atomic E-state index is -0.359. The van der Waals surface area contributed by atoms with E-state index in [1.807, 2.05) is 13.0 Å². The molecule has 110 valence electrons. The zero-order valence-electron chi connectivity index (χ0n) is 11.8. The van der Waals surface area contributed by atoms with Gasteiger partial charge in [-0.1, -0.05) is 19.1 Å². The van der Waals surface area contributed by atoms with Gasteiger partial charge in [-0.2, -0.15) is 0 Å². The van der Waals surface area contributed by atoms with E-state index >= 15 is 0 Å². The first kappa shape index (κ1) is 15.8. The van der Waals surface area contributed by atoms with Gasteiger partial charge in [0.2, 0.25) is 5.91 Å². The van der Waals surface area contributed by atoms with Crippen molar-refractivity contribution in [2.24, 2.45) is 0 Å². The third-order valence-electron chi connectivity index (χ3n) is 2.45. The highest BCUT2D eigenvalue weighted by Crippen LogP contribution is 2.25. The van der Waals surface area contributed by atoms with Gasteiger partial charge in [-0.15, -0.1) is 0 Å². The third-order valence-corrected chi connectivity index (χ3v) is 2.45. The fourth-order valence-electron chi connectivity index (χ4n) is 1.44. The number of nitrogens with one attached hydrogen (secondary N) is 2. The molecule has 0 fully saturated rings. The van der Waals surface area contributed by atoms with Gasteiger partial charge in [0.15, 0.2) is 18.1 Å². The zero-order valence-corrected chi connectivity index (χ0v) is 11.8. The fraction of sp³-hybridized carbons (Fsp3) is 0.429. The zero-order chi connectivity index (χ0) is 14.8. The summed E-state index contributed by atoms with van der Waals surface area (Å²) in [6, 6.07) is 7.04. The molecule has 0 aliphatic carbocycles. The van der Waals surface area contributed by atoms with Gasteiger partial charge in [0.1, 0.15) is 0 Å². The van der Waals surface area contributed by atoms with Crippen LogP contribution in [0.3, 0.4) is 0 Å². The molecule has 0 aliphatic rings. The number of para-hydroxylation sites is 2. The third kappa shape index (κ3) is 5.60. The molecular formula is C14H20N2O4. The molecule has 2 amide bonds. The van der Waals surface area contributed by atoms with E-state index in [1.165, 1.54) is 7.11 Å². The van der Waals surface area contributed by atoms with Crippen LogP contribution in [0.2, 0.25) is 0 Å². The summed E-state index contributed by atoms with van der Waals surface area (Å²) in [6.45, 7) is 2.35. The first-order chi connectivity index (χ1) is 9.67. The van der Waals surface area contributed by atoms with Crippen molar-refractivity contribution in [3.63, 3.8) is 0 Å². The van der Waals surface area contributed by atoms with E-state index in [0.29, 0.717) is 18.0 Å². The quantitative estimate of drug-likeness (QED) is 0.735. The van der Waals surface area contributed by atoms with Gasteiger partial charge < -0.3 is 20.1 Å². The molecule has 6 heteroatoms. The Morgan fingerprint density at radius 1 is 1.10 bits per heavy atom. The molecular weight excluding hydrogens is 260 g/mol. The molecule has 0 saturated carbocycles. The predicted octanol–water partition coefficient (Wildman–Crippen LogP) is 0.716. The minimum Gasteiger partial charge on any atom is -0.493 e. The number of ether oxygens (including phenoxy) is 2. The van der Waals surface area contributed by atoms with E-state index in [2.05, 4.69) is 10.6 Å². The van der Waals surface area contributed by atoms with Crippen molar-refractivity contribution in [1.29, 1.82) is 0 Å². The number of methoxy groups -OCH3 is 1. The molecule has 0 unspecified atom stereocenters. The Morgan fingerprint density at radius 2 is 1.80 bits per heavy atom. The van der Waals surface area contributed by atoms with Gasteiger partial charge in [-0.05, 0) is 18.6 Å². The maximum absolute atomic E-state index is 11.5. The van der Waals surface area contributed by atoms with E-state index < -0.39 is 0 Å². The number of rotatable bonds is 8. The summed E-state index contributed by atoms with van der Waals surface area (Å²) in [6.07, 6.45) is 0.858. The van der Waals surface area contributed by atoms with Gasteiger partial charge in [-0.25, -0.2) is 0 Å². The maximum Gasteiger partial charge on any atom is 0.258 e. The molecule has 1 aromatic carbocycles. The van der Waals surface area contributed by atoms with Crippen LogP contribution >= 0.6 is 0 Å². The molecule has 6 nitrogen and oxygen atoms in total. The minimum absolute atomic E-state index is 0.0475. The van der Waals surface area contributed by atoms with Crippen LogP contribution in [0.5, 0.6) is 11.5 Å². The lowest BCUT2D eigenvalue weighted by Crippen LogP contribution is -2.39. The summed E-state index contributed by atoms with van der Waals surface area (Å²) < 4.78 is 10.4. The Labute approximate surface area is 118 Å². The smallest absolute Gasteiger partial charge is 0.258 e. The van der Waals surface area contributed by atoms with Crippen LogP contribution in [0.4, 0.5) is 0 Å². The monoisotopic (exact) mass is 280 g/mol. The average Bonchev–Trinajstić information content (AvgIpc) is 2.48. The lowest BCUT2D eigenvalue weighted by atomic mass is 10.3. The average molecular weight is 280 g/mol. The SMILES string of the molecule is CCCNC(=O)CNC(=O)COc1ccccc1OC. The molecule has 1 rings (SSSR count). The second kappa shape index (κ2) is 8.79. The van der Waals surface area contributed by atoms with Gasteiger partial charge >= 0.3 is 0 Å². The largest absolute Gasteiger partial charge is 0.493 e. The Hall–Kier alpha value is -2.24. The van der Waals surface area contributed by atoms with Crippen molar-refractivity contribution >= 4 is 11.8 Å². The summed E-state index contributed by atoms with van der Waals surface area (Å²) in [7, 11) is 1.53. The fourth-order valence-corrected chi connectivity index (χ4v) is 1.44. The van der Waals surface area contributed by atoms with E-state index in [0.717, 1.165) is 6.42 Å². The highest BCUT2D eigenvalue weighted by Gasteiger charge is 2.08. The number of hydrogen-bond donors (Lipinski definition) is 2. The first-order valence-electron chi connectivity index (χ1n) is 6.46. The number of carbonyl (C=O) groups excluding carboxylic acids is 2. The molecule has 0 aromatic heterocycles. The van der Waals surface area contributed by atoms with Crippen LogP contribution in [0, 0.1) is 0 Å². The topological polar surface area (TPSA) is 76.7 Å².